The first-order valence-electron chi connectivity index (χ1n) is 5.86. The Morgan fingerprint density at radius 3 is 0.676 bits per heavy atom. The first kappa shape index (κ1) is 84.3. The maximum atomic E-state index is 7.50. The summed E-state index contributed by atoms with van der Waals surface area (Å²) in [5.74, 6) is 0. The van der Waals surface area contributed by atoms with E-state index < -0.39 is 0 Å². The van der Waals surface area contributed by atoms with Gasteiger partial charge in [0.25, 0.3) is 0 Å². The van der Waals surface area contributed by atoms with E-state index in [0.29, 0.717) is 3.46 Å². The van der Waals surface area contributed by atoms with Gasteiger partial charge in [-0.1, -0.05) is 0 Å². The van der Waals surface area contributed by atoms with Crippen LogP contribution in [0.25, 0.3) is 0 Å². The standard InChI is InChI=1S/C6H5Se.C4H9Te.10CO.2Re/c7-6-4-2-1-3-5-6;1-4(2,3)5;10*1-2;;/h1-5H;1-3H3;;;;;;;;;;;;. The molecule has 10 nitrogen and oxygen atoms in total. The third kappa shape index (κ3) is 544. The van der Waals surface area contributed by atoms with Crippen molar-refractivity contribution in [2.24, 2.45) is 0 Å². The molecular formula is C20H14O10Re2SeTe. The summed E-state index contributed by atoms with van der Waals surface area (Å²) >= 11 is 5.03. The van der Waals surface area contributed by atoms with Gasteiger partial charge in [0.2, 0.25) is 0 Å². The third-order valence-corrected chi connectivity index (χ3v) is 1.31. The molecule has 0 aliphatic rings. The van der Waals surface area contributed by atoms with Crippen LogP contribution in [0.2, 0.25) is 3.46 Å². The van der Waals surface area contributed by atoms with E-state index in [4.69, 9.17) is 46.5 Å². The zero-order chi connectivity index (χ0) is 29.6. The molecule has 0 aromatic heterocycles. The minimum absolute atomic E-state index is 0. The summed E-state index contributed by atoms with van der Waals surface area (Å²) in [7, 11) is 0. The molecule has 0 saturated carbocycles. The predicted molar refractivity (Wildman–Crippen MR) is 96.6 cm³/mol. The van der Waals surface area contributed by atoms with Crippen LogP contribution in [0.4, 0.5) is 0 Å². The molecule has 0 bridgehead atoms. The zero-order valence-electron chi connectivity index (χ0n) is 17.5. The van der Waals surface area contributed by atoms with E-state index in [1.165, 1.54) is 4.46 Å². The molecule has 0 spiro atoms. The summed E-state index contributed by atoms with van der Waals surface area (Å²) in [5.41, 5.74) is 0. The van der Waals surface area contributed by atoms with Crippen LogP contribution in [-0.2, 0) is 87.4 Å². The Balaban J connectivity index is -0.0000000135. The number of hydrogen-bond donors (Lipinski definition) is 0. The Kier molecular flexibility index (Phi) is 445. The van der Waals surface area contributed by atoms with Crippen LogP contribution in [0.5, 0.6) is 0 Å². The van der Waals surface area contributed by atoms with Crippen molar-refractivity contribution in [3.8, 4) is 0 Å². The monoisotopic (exact) mass is 998 g/mol. The molecule has 1 aromatic carbocycles. The van der Waals surface area contributed by atoms with Crippen LogP contribution < -0.4 is 4.46 Å². The summed E-state index contributed by atoms with van der Waals surface area (Å²) < 4.78 is 76.7. The molecule has 1 rings (SSSR count). The zero-order valence-corrected chi connectivity index (χ0v) is 27.0. The van der Waals surface area contributed by atoms with E-state index in [1.807, 2.05) is 30.3 Å². The van der Waals surface area contributed by atoms with Crippen LogP contribution in [0.1, 0.15) is 20.8 Å². The van der Waals surface area contributed by atoms with E-state index >= 15 is 0 Å². The minimum atomic E-state index is 0. The Morgan fingerprint density at radius 2 is 0.618 bits per heavy atom. The SMILES string of the molecule is CC(C)(C)[Te].[C-]#[O+].[C-]#[O+].[C-]#[O+].[C-]#[O+].[C-]#[O+].[C-]#[O+].[C-]#[O+].[C-]#[O+].[C-]#[O+].[C-]#[O+].[Re].[Re].[Se]c1ccccc1. The molecule has 34 heavy (non-hydrogen) atoms. The van der Waals surface area contributed by atoms with Crippen LogP contribution in [0, 0.1) is 66.5 Å². The first-order chi connectivity index (χ1) is 15.4. The van der Waals surface area contributed by atoms with E-state index in [2.05, 4.69) is 126 Å². The molecular weight excluding hydrogens is 979 g/mol. The van der Waals surface area contributed by atoms with Crippen molar-refractivity contribution in [2.75, 3.05) is 0 Å². The van der Waals surface area contributed by atoms with Gasteiger partial charge in [-0.05, 0) is 0 Å². The van der Waals surface area contributed by atoms with Gasteiger partial charge in [-0.3, -0.25) is 0 Å². The molecule has 0 aliphatic heterocycles. The van der Waals surface area contributed by atoms with Crippen molar-refractivity contribution in [1.29, 1.82) is 0 Å². The Bertz CT molecular complexity index is 492. The van der Waals surface area contributed by atoms with E-state index in [9.17, 15) is 0 Å². The Labute approximate surface area is 249 Å². The van der Waals surface area contributed by atoms with Gasteiger partial charge >= 0.3 is 210 Å². The van der Waals surface area contributed by atoms with Crippen molar-refractivity contribution >= 4 is 42.8 Å². The molecule has 0 heterocycles. The second kappa shape index (κ2) is 179. The molecule has 4 radical (unpaired) electrons. The predicted octanol–water partition coefficient (Wildman–Crippen LogP) is 1.47. The fraction of sp³-hybridized carbons (Fsp3) is 0.200. The topological polar surface area (TPSA) is 199 Å². The summed E-state index contributed by atoms with van der Waals surface area (Å²) in [5, 5.41) is 0. The molecule has 14 heteroatoms. The third-order valence-electron chi connectivity index (χ3n) is 0.743. The maximum absolute atomic E-state index is 7.50. The summed E-state index contributed by atoms with van der Waals surface area (Å²) in [6.07, 6.45) is 0. The molecule has 0 aliphatic carbocycles. The quantitative estimate of drug-likeness (QED) is 0.207. The molecule has 0 unspecified atom stereocenters. The molecule has 0 fully saturated rings. The summed E-state index contributed by atoms with van der Waals surface area (Å²) in [4.78, 5) is 0. The number of benzene rings is 1. The van der Waals surface area contributed by atoms with Crippen LogP contribution in [0.3, 0.4) is 0 Å². The molecule has 0 atom stereocenters. The van der Waals surface area contributed by atoms with Gasteiger partial charge in [-0.25, -0.2) is 0 Å². The van der Waals surface area contributed by atoms with Crippen LogP contribution >= 0.6 is 0 Å². The average Bonchev–Trinajstić information content (AvgIpc) is 2.91. The molecule has 0 amide bonds. The second-order valence-electron chi connectivity index (χ2n) is 3.43. The van der Waals surface area contributed by atoms with Gasteiger partial charge in [0.15, 0.2) is 0 Å². The summed E-state index contributed by atoms with van der Waals surface area (Å²) in [6, 6.07) is 10.1. The first-order valence-corrected chi connectivity index (χ1v) is 7.88. The molecule has 0 N–H and O–H groups in total. The molecule has 1 aromatic rings. The van der Waals surface area contributed by atoms with E-state index in [-0.39, 0.29) is 40.8 Å². The summed E-state index contributed by atoms with van der Waals surface area (Å²) in [6.45, 7) is 51.6. The molecule has 0 saturated heterocycles. The number of rotatable bonds is 0. The van der Waals surface area contributed by atoms with Gasteiger partial charge in [0.1, 0.15) is 0 Å². The van der Waals surface area contributed by atoms with E-state index in [1.54, 1.807) is 0 Å². The van der Waals surface area contributed by atoms with Crippen molar-refractivity contribution < 1.29 is 87.4 Å². The Morgan fingerprint density at radius 1 is 0.500 bits per heavy atom. The fourth-order valence-corrected chi connectivity index (χ4v) is 0.750. The number of hydrogen-bond acceptors (Lipinski definition) is 0. The van der Waals surface area contributed by atoms with Crippen LogP contribution in [-0.4, -0.2) is 38.3 Å². The van der Waals surface area contributed by atoms with Gasteiger partial charge in [-0.15, -0.1) is 0 Å². The van der Waals surface area contributed by atoms with Crippen molar-refractivity contribution in [3.63, 3.8) is 0 Å². The van der Waals surface area contributed by atoms with Crippen LogP contribution in [0.15, 0.2) is 30.3 Å². The van der Waals surface area contributed by atoms with Gasteiger partial charge in [-0.2, -0.15) is 0 Å². The Hall–Kier alpha value is -0.746. The van der Waals surface area contributed by atoms with Crippen molar-refractivity contribution in [1.82, 2.24) is 0 Å². The normalized spacial score (nSPS) is 4.12. The van der Waals surface area contributed by atoms with Crippen molar-refractivity contribution in [3.05, 3.63) is 96.8 Å². The van der Waals surface area contributed by atoms with Gasteiger partial charge in [0.05, 0.1) is 0 Å². The second-order valence-corrected chi connectivity index (χ2v) is 7.91. The molecule has 180 valence electrons. The van der Waals surface area contributed by atoms with Gasteiger partial charge < -0.3 is 0 Å². The van der Waals surface area contributed by atoms with Crippen molar-refractivity contribution in [2.45, 2.75) is 24.2 Å². The van der Waals surface area contributed by atoms with E-state index in [0.717, 1.165) is 0 Å². The average molecular weight is 993 g/mol. The van der Waals surface area contributed by atoms with Gasteiger partial charge in [0, 0.05) is 40.8 Å². The fourth-order valence-electron chi connectivity index (χ4n) is 0.420.